The molecule has 1 unspecified atom stereocenters. The lowest BCUT2D eigenvalue weighted by Gasteiger charge is -2.32. The fraction of sp³-hybridized carbons (Fsp3) is 0.438. The summed E-state index contributed by atoms with van der Waals surface area (Å²) in [5.74, 6) is 1.19. The maximum absolute atomic E-state index is 11.7. The second-order valence-corrected chi connectivity index (χ2v) is 5.55. The maximum atomic E-state index is 11.7. The van der Waals surface area contributed by atoms with Crippen LogP contribution in [0.4, 0.5) is 0 Å². The van der Waals surface area contributed by atoms with Gasteiger partial charge in [0.2, 0.25) is 17.6 Å². The van der Waals surface area contributed by atoms with Crippen molar-refractivity contribution in [1.29, 1.82) is 0 Å². The zero-order chi connectivity index (χ0) is 14.8. The molecule has 21 heavy (non-hydrogen) atoms. The average Bonchev–Trinajstić information content (AvgIpc) is 2.97. The molecule has 2 heterocycles. The molecule has 0 radical (unpaired) electrons. The summed E-state index contributed by atoms with van der Waals surface area (Å²) in [7, 11) is 0. The molecule has 1 amide bonds. The van der Waals surface area contributed by atoms with Gasteiger partial charge in [0, 0.05) is 19.0 Å². The molecule has 1 aliphatic heterocycles. The number of nitrogens with zero attached hydrogens (tertiary/aromatic N) is 3. The molecule has 0 bridgehead atoms. The van der Waals surface area contributed by atoms with Gasteiger partial charge in [-0.15, -0.1) is 0 Å². The third-order valence-electron chi connectivity index (χ3n) is 3.91. The molecular weight excluding hydrogens is 266 g/mol. The van der Waals surface area contributed by atoms with Crippen LogP contribution in [0.2, 0.25) is 0 Å². The van der Waals surface area contributed by atoms with E-state index in [0.29, 0.717) is 11.7 Å². The number of carbonyl (C=O) groups is 1. The summed E-state index contributed by atoms with van der Waals surface area (Å²) in [6.07, 6.45) is 3.00. The Balaban J connectivity index is 1.88. The number of rotatable bonds is 2. The number of carbonyl (C=O) groups excluding carboxylic acids is 1. The van der Waals surface area contributed by atoms with Gasteiger partial charge in [-0.05, 0) is 32.3 Å². The Morgan fingerprint density at radius 3 is 3.00 bits per heavy atom. The minimum absolute atomic E-state index is 0.0648. The lowest BCUT2D eigenvalue weighted by molar-refractivity contribution is -0.133. The zero-order valence-corrected chi connectivity index (χ0v) is 12.4. The number of hydrogen-bond acceptors (Lipinski definition) is 4. The normalized spacial score (nSPS) is 18.8. The van der Waals surface area contributed by atoms with Crippen molar-refractivity contribution < 1.29 is 9.32 Å². The van der Waals surface area contributed by atoms with Crippen LogP contribution in [-0.4, -0.2) is 27.5 Å². The Kier molecular flexibility index (Phi) is 3.73. The summed E-state index contributed by atoms with van der Waals surface area (Å²) in [6, 6.07) is 7.91. The van der Waals surface area contributed by atoms with Gasteiger partial charge in [-0.1, -0.05) is 28.9 Å². The van der Waals surface area contributed by atoms with Gasteiger partial charge in [-0.3, -0.25) is 4.79 Å². The van der Waals surface area contributed by atoms with Gasteiger partial charge < -0.3 is 9.42 Å². The van der Waals surface area contributed by atoms with Gasteiger partial charge >= 0.3 is 0 Å². The predicted molar refractivity (Wildman–Crippen MR) is 78.5 cm³/mol. The van der Waals surface area contributed by atoms with Gasteiger partial charge in [0.1, 0.15) is 6.04 Å². The van der Waals surface area contributed by atoms with Gasteiger partial charge in [0.05, 0.1) is 0 Å². The first-order valence-corrected chi connectivity index (χ1v) is 7.33. The summed E-state index contributed by atoms with van der Waals surface area (Å²) < 4.78 is 5.42. The van der Waals surface area contributed by atoms with Crippen LogP contribution in [0.15, 0.2) is 28.8 Å². The Morgan fingerprint density at radius 2 is 2.24 bits per heavy atom. The molecule has 1 saturated heterocycles. The highest BCUT2D eigenvalue weighted by atomic mass is 16.5. The minimum atomic E-state index is -0.0812. The molecule has 1 aromatic carbocycles. The van der Waals surface area contributed by atoms with E-state index in [-0.39, 0.29) is 11.9 Å². The number of benzene rings is 1. The number of aryl methyl sites for hydroxylation is 1. The van der Waals surface area contributed by atoms with E-state index in [2.05, 4.69) is 10.1 Å². The summed E-state index contributed by atoms with van der Waals surface area (Å²) in [5, 5.41) is 4.07. The lowest BCUT2D eigenvalue weighted by Crippen LogP contribution is -2.37. The number of likely N-dealkylation sites (tertiary alicyclic amines) is 1. The number of hydrogen-bond donors (Lipinski definition) is 0. The van der Waals surface area contributed by atoms with E-state index in [1.165, 1.54) is 0 Å². The van der Waals surface area contributed by atoms with E-state index >= 15 is 0 Å². The molecule has 0 saturated carbocycles. The number of piperidine rings is 1. The van der Waals surface area contributed by atoms with Gasteiger partial charge in [-0.25, -0.2) is 0 Å². The third-order valence-corrected chi connectivity index (χ3v) is 3.91. The fourth-order valence-corrected chi connectivity index (χ4v) is 2.84. The highest BCUT2D eigenvalue weighted by Gasteiger charge is 2.30. The molecule has 1 fully saturated rings. The first-order valence-electron chi connectivity index (χ1n) is 7.33. The fourth-order valence-electron chi connectivity index (χ4n) is 2.84. The average molecular weight is 285 g/mol. The predicted octanol–water partition coefficient (Wildman–Crippen LogP) is 3.12. The Morgan fingerprint density at radius 1 is 1.38 bits per heavy atom. The van der Waals surface area contributed by atoms with E-state index in [0.717, 1.165) is 36.9 Å². The van der Waals surface area contributed by atoms with Crippen LogP contribution in [0.3, 0.4) is 0 Å². The van der Waals surface area contributed by atoms with Crippen LogP contribution in [0.1, 0.15) is 43.7 Å². The molecule has 5 nitrogen and oxygen atoms in total. The van der Waals surface area contributed by atoms with Crippen LogP contribution in [0.25, 0.3) is 11.4 Å². The van der Waals surface area contributed by atoms with Crippen molar-refractivity contribution in [2.45, 2.75) is 39.2 Å². The first-order chi connectivity index (χ1) is 10.1. The molecule has 1 aromatic heterocycles. The van der Waals surface area contributed by atoms with Crippen molar-refractivity contribution in [2.24, 2.45) is 0 Å². The molecule has 1 aliphatic rings. The first kappa shape index (κ1) is 13.8. The standard InChI is InChI=1S/C16H19N3O2/c1-11-6-5-7-13(10-11)15-17-16(21-18-15)14-8-3-4-9-19(14)12(2)20/h5-7,10,14H,3-4,8-9H2,1-2H3. The molecule has 1 atom stereocenters. The smallest absolute Gasteiger partial charge is 0.249 e. The van der Waals surface area contributed by atoms with Crippen molar-refractivity contribution in [3.05, 3.63) is 35.7 Å². The van der Waals surface area contributed by atoms with Crippen LogP contribution >= 0.6 is 0 Å². The maximum Gasteiger partial charge on any atom is 0.249 e. The van der Waals surface area contributed by atoms with E-state index in [1.54, 1.807) is 6.92 Å². The number of aromatic nitrogens is 2. The molecule has 5 heteroatoms. The Labute approximate surface area is 124 Å². The zero-order valence-electron chi connectivity index (χ0n) is 12.4. The Hall–Kier alpha value is -2.17. The SMILES string of the molecule is CC(=O)N1CCCCC1c1nc(-c2cccc(C)c2)no1. The van der Waals surface area contributed by atoms with Crippen molar-refractivity contribution in [3.8, 4) is 11.4 Å². The van der Waals surface area contributed by atoms with Crippen LogP contribution in [-0.2, 0) is 4.79 Å². The van der Waals surface area contributed by atoms with Crippen molar-refractivity contribution >= 4 is 5.91 Å². The molecule has 110 valence electrons. The summed E-state index contributed by atoms with van der Waals surface area (Å²) in [5.41, 5.74) is 2.09. The summed E-state index contributed by atoms with van der Waals surface area (Å²) >= 11 is 0. The van der Waals surface area contributed by atoms with Gasteiger partial charge in [0.15, 0.2) is 0 Å². The summed E-state index contributed by atoms with van der Waals surface area (Å²) in [4.78, 5) is 18.1. The van der Waals surface area contributed by atoms with Crippen molar-refractivity contribution in [1.82, 2.24) is 15.0 Å². The molecule has 2 aromatic rings. The van der Waals surface area contributed by atoms with E-state index in [1.807, 2.05) is 36.1 Å². The van der Waals surface area contributed by atoms with Crippen LogP contribution < -0.4 is 0 Å². The highest BCUT2D eigenvalue weighted by Crippen LogP contribution is 2.31. The van der Waals surface area contributed by atoms with Crippen LogP contribution in [0.5, 0.6) is 0 Å². The topological polar surface area (TPSA) is 59.2 Å². The quantitative estimate of drug-likeness (QED) is 0.850. The second-order valence-electron chi connectivity index (χ2n) is 5.55. The Bertz CT molecular complexity index is 650. The van der Waals surface area contributed by atoms with E-state index in [9.17, 15) is 4.79 Å². The molecule has 0 spiro atoms. The van der Waals surface area contributed by atoms with Crippen molar-refractivity contribution in [3.63, 3.8) is 0 Å². The monoisotopic (exact) mass is 285 g/mol. The lowest BCUT2D eigenvalue weighted by atomic mass is 10.0. The molecule has 0 N–H and O–H groups in total. The summed E-state index contributed by atoms with van der Waals surface area (Å²) in [6.45, 7) is 4.39. The second kappa shape index (κ2) is 5.68. The van der Waals surface area contributed by atoms with Crippen molar-refractivity contribution in [2.75, 3.05) is 6.54 Å². The third kappa shape index (κ3) is 2.82. The van der Waals surface area contributed by atoms with Gasteiger partial charge in [0.25, 0.3) is 0 Å². The molecular formula is C16H19N3O2. The minimum Gasteiger partial charge on any atom is -0.337 e. The number of amides is 1. The molecule has 0 aliphatic carbocycles. The van der Waals surface area contributed by atoms with Crippen LogP contribution in [0, 0.1) is 6.92 Å². The van der Waals surface area contributed by atoms with E-state index in [4.69, 9.17) is 4.52 Å². The van der Waals surface area contributed by atoms with Gasteiger partial charge in [-0.2, -0.15) is 4.98 Å². The van der Waals surface area contributed by atoms with E-state index < -0.39 is 0 Å². The highest BCUT2D eigenvalue weighted by molar-refractivity contribution is 5.73. The largest absolute Gasteiger partial charge is 0.337 e. The molecule has 3 rings (SSSR count).